The highest BCUT2D eigenvalue weighted by Gasteiger charge is 2.22. The van der Waals surface area contributed by atoms with E-state index in [1.807, 2.05) is 6.92 Å². The summed E-state index contributed by atoms with van der Waals surface area (Å²) < 4.78 is 5.43. The number of nitrogens with zero attached hydrogens (tertiary/aromatic N) is 2. The van der Waals surface area contributed by atoms with E-state index in [2.05, 4.69) is 15.3 Å². The van der Waals surface area contributed by atoms with E-state index in [4.69, 9.17) is 9.84 Å². The fraction of sp³-hybridized carbons (Fsp3) is 0.545. The summed E-state index contributed by atoms with van der Waals surface area (Å²) in [5.41, 5.74) is -0.0355. The van der Waals surface area contributed by atoms with Crippen molar-refractivity contribution in [1.82, 2.24) is 9.97 Å². The summed E-state index contributed by atoms with van der Waals surface area (Å²) in [7, 11) is 0. The molecule has 1 aromatic rings. The van der Waals surface area contributed by atoms with Crippen LogP contribution < -0.4 is 5.32 Å². The zero-order valence-corrected chi connectivity index (χ0v) is 9.59. The van der Waals surface area contributed by atoms with E-state index in [-0.39, 0.29) is 17.8 Å². The fourth-order valence-electron chi connectivity index (χ4n) is 1.92. The van der Waals surface area contributed by atoms with Crippen LogP contribution in [0.5, 0.6) is 0 Å². The van der Waals surface area contributed by atoms with Gasteiger partial charge in [-0.1, -0.05) is 0 Å². The molecule has 0 aromatic carbocycles. The molecular weight excluding hydrogens is 222 g/mol. The quantitative estimate of drug-likeness (QED) is 0.820. The minimum absolute atomic E-state index is 0.0355. The first-order valence-corrected chi connectivity index (χ1v) is 5.59. The largest absolute Gasteiger partial charge is 0.476 e. The Morgan fingerprint density at radius 2 is 2.29 bits per heavy atom. The van der Waals surface area contributed by atoms with Gasteiger partial charge in [-0.05, 0) is 19.8 Å². The van der Waals surface area contributed by atoms with Crippen molar-refractivity contribution in [3.05, 3.63) is 18.1 Å². The lowest BCUT2D eigenvalue weighted by atomic mass is 10.0. The number of ether oxygens (including phenoxy) is 1. The molecule has 2 unspecified atom stereocenters. The lowest BCUT2D eigenvalue weighted by Gasteiger charge is -2.28. The second kappa shape index (κ2) is 5.09. The van der Waals surface area contributed by atoms with Crippen LogP contribution in [0.15, 0.2) is 12.4 Å². The summed E-state index contributed by atoms with van der Waals surface area (Å²) in [4.78, 5) is 18.8. The van der Waals surface area contributed by atoms with Gasteiger partial charge in [-0.2, -0.15) is 0 Å². The highest BCUT2D eigenvalue weighted by molar-refractivity contribution is 5.90. The van der Waals surface area contributed by atoms with E-state index in [1.54, 1.807) is 0 Å². The minimum atomic E-state index is -1.07. The van der Waals surface area contributed by atoms with Crippen LogP contribution in [0.4, 0.5) is 5.82 Å². The van der Waals surface area contributed by atoms with E-state index in [0.717, 1.165) is 12.8 Å². The smallest absolute Gasteiger partial charge is 0.358 e. The van der Waals surface area contributed by atoms with Crippen molar-refractivity contribution < 1.29 is 14.6 Å². The third kappa shape index (κ3) is 2.91. The van der Waals surface area contributed by atoms with Gasteiger partial charge in [0.25, 0.3) is 0 Å². The predicted molar refractivity (Wildman–Crippen MR) is 61.1 cm³/mol. The Hall–Kier alpha value is -1.69. The Bertz CT molecular complexity index is 411. The summed E-state index contributed by atoms with van der Waals surface area (Å²) in [5.74, 6) is -0.736. The van der Waals surface area contributed by atoms with Gasteiger partial charge in [-0.3, -0.25) is 0 Å². The molecule has 2 rings (SSSR count). The highest BCUT2D eigenvalue weighted by Crippen LogP contribution is 2.18. The standard InChI is InChI=1S/C11H15N3O3/c1-7-6-8(2-5-17-7)14-10-9(11(15)16)12-3-4-13-10/h3-4,7-8H,2,5-6H2,1H3,(H,13,14)(H,15,16). The Morgan fingerprint density at radius 3 is 3.00 bits per heavy atom. The third-order valence-electron chi connectivity index (χ3n) is 2.73. The zero-order chi connectivity index (χ0) is 12.3. The molecule has 0 radical (unpaired) electrons. The molecule has 1 aliphatic rings. The first-order valence-electron chi connectivity index (χ1n) is 5.59. The molecule has 0 spiro atoms. The van der Waals surface area contributed by atoms with Crippen molar-refractivity contribution >= 4 is 11.8 Å². The molecule has 6 nitrogen and oxygen atoms in total. The van der Waals surface area contributed by atoms with E-state index in [0.29, 0.717) is 12.4 Å². The number of aromatic nitrogens is 2. The number of rotatable bonds is 3. The van der Waals surface area contributed by atoms with Crippen LogP contribution in [0.1, 0.15) is 30.3 Å². The van der Waals surface area contributed by atoms with Gasteiger partial charge in [0.15, 0.2) is 11.5 Å². The maximum absolute atomic E-state index is 11.0. The Kier molecular flexibility index (Phi) is 3.53. The van der Waals surface area contributed by atoms with Crippen LogP contribution >= 0.6 is 0 Å². The first kappa shape index (κ1) is 11.8. The molecule has 1 saturated heterocycles. The van der Waals surface area contributed by atoms with E-state index in [9.17, 15) is 4.79 Å². The molecule has 1 aromatic heterocycles. The molecule has 1 aliphatic heterocycles. The summed E-state index contributed by atoms with van der Waals surface area (Å²) in [6.45, 7) is 2.68. The normalized spacial score (nSPS) is 24.3. The SMILES string of the molecule is CC1CC(Nc2nccnc2C(=O)O)CCO1. The van der Waals surface area contributed by atoms with Crippen LogP contribution in [0.25, 0.3) is 0 Å². The van der Waals surface area contributed by atoms with Crippen LogP contribution in [0.2, 0.25) is 0 Å². The van der Waals surface area contributed by atoms with Crippen LogP contribution in [-0.2, 0) is 4.74 Å². The molecule has 2 heterocycles. The number of carboxylic acids is 1. The third-order valence-corrected chi connectivity index (χ3v) is 2.73. The number of hydrogen-bond acceptors (Lipinski definition) is 5. The monoisotopic (exact) mass is 237 g/mol. The van der Waals surface area contributed by atoms with Crippen LogP contribution in [0, 0.1) is 0 Å². The van der Waals surface area contributed by atoms with E-state index >= 15 is 0 Å². The highest BCUT2D eigenvalue weighted by atomic mass is 16.5. The molecule has 92 valence electrons. The number of carboxylic acid groups (broad SMARTS) is 1. The maximum atomic E-state index is 11.0. The van der Waals surface area contributed by atoms with Gasteiger partial charge in [0.05, 0.1) is 6.10 Å². The van der Waals surface area contributed by atoms with Gasteiger partial charge < -0.3 is 15.2 Å². The molecule has 6 heteroatoms. The summed E-state index contributed by atoms with van der Waals surface area (Å²) in [5, 5.41) is 12.1. The number of hydrogen-bond donors (Lipinski definition) is 2. The summed E-state index contributed by atoms with van der Waals surface area (Å²) in [6.07, 6.45) is 4.74. The Labute approximate surface area is 99.0 Å². The second-order valence-corrected chi connectivity index (χ2v) is 4.11. The molecule has 17 heavy (non-hydrogen) atoms. The van der Waals surface area contributed by atoms with Crippen molar-refractivity contribution in [2.24, 2.45) is 0 Å². The molecule has 0 aliphatic carbocycles. The Morgan fingerprint density at radius 1 is 1.53 bits per heavy atom. The van der Waals surface area contributed by atoms with Crippen molar-refractivity contribution in [3.63, 3.8) is 0 Å². The zero-order valence-electron chi connectivity index (χ0n) is 9.59. The van der Waals surface area contributed by atoms with Crippen molar-refractivity contribution in [2.45, 2.75) is 31.9 Å². The fourth-order valence-corrected chi connectivity index (χ4v) is 1.92. The second-order valence-electron chi connectivity index (χ2n) is 4.11. The van der Waals surface area contributed by atoms with Gasteiger partial charge >= 0.3 is 5.97 Å². The average Bonchev–Trinajstić information content (AvgIpc) is 2.29. The Balaban J connectivity index is 2.10. The van der Waals surface area contributed by atoms with E-state index < -0.39 is 5.97 Å². The summed E-state index contributed by atoms with van der Waals surface area (Å²) >= 11 is 0. The first-order chi connectivity index (χ1) is 8.16. The molecule has 0 bridgehead atoms. The maximum Gasteiger partial charge on any atom is 0.358 e. The van der Waals surface area contributed by atoms with Crippen LogP contribution in [0.3, 0.4) is 0 Å². The molecule has 0 saturated carbocycles. The topological polar surface area (TPSA) is 84.3 Å². The van der Waals surface area contributed by atoms with Crippen molar-refractivity contribution in [3.8, 4) is 0 Å². The van der Waals surface area contributed by atoms with Gasteiger partial charge in [-0.25, -0.2) is 14.8 Å². The predicted octanol–water partition coefficient (Wildman–Crippen LogP) is 1.15. The minimum Gasteiger partial charge on any atom is -0.476 e. The number of nitrogens with one attached hydrogen (secondary N) is 1. The van der Waals surface area contributed by atoms with Gasteiger partial charge in [-0.15, -0.1) is 0 Å². The van der Waals surface area contributed by atoms with Gasteiger partial charge in [0.2, 0.25) is 0 Å². The number of anilines is 1. The molecule has 2 atom stereocenters. The van der Waals surface area contributed by atoms with Gasteiger partial charge in [0, 0.05) is 25.0 Å². The van der Waals surface area contributed by atoms with Crippen molar-refractivity contribution in [1.29, 1.82) is 0 Å². The molecule has 0 amide bonds. The summed E-state index contributed by atoms with van der Waals surface area (Å²) in [6, 6.07) is 0.188. The number of aromatic carboxylic acids is 1. The molecular formula is C11H15N3O3. The van der Waals surface area contributed by atoms with Crippen molar-refractivity contribution in [2.75, 3.05) is 11.9 Å². The van der Waals surface area contributed by atoms with Gasteiger partial charge in [0.1, 0.15) is 0 Å². The average molecular weight is 237 g/mol. The number of carbonyl (C=O) groups is 1. The lowest BCUT2D eigenvalue weighted by Crippen LogP contribution is -2.33. The molecule has 2 N–H and O–H groups in total. The van der Waals surface area contributed by atoms with Crippen LogP contribution in [-0.4, -0.2) is 39.8 Å². The molecule has 1 fully saturated rings. The van der Waals surface area contributed by atoms with E-state index in [1.165, 1.54) is 12.4 Å². The lowest BCUT2D eigenvalue weighted by molar-refractivity contribution is 0.0231.